The Hall–Kier alpha value is -1.33. The van der Waals surface area contributed by atoms with E-state index in [1.54, 1.807) is 6.08 Å². The minimum absolute atomic E-state index is 0.188. The van der Waals surface area contributed by atoms with Gasteiger partial charge in [-0.1, -0.05) is 18.2 Å². The summed E-state index contributed by atoms with van der Waals surface area (Å²) in [6, 6.07) is 4.69. The van der Waals surface area contributed by atoms with Crippen molar-refractivity contribution in [3.05, 3.63) is 48.0 Å². The van der Waals surface area contributed by atoms with Gasteiger partial charge in [0.1, 0.15) is 0 Å². The topological polar surface area (TPSA) is 32.3 Å². The van der Waals surface area contributed by atoms with Crippen LogP contribution < -0.4 is 5.32 Å². The Morgan fingerprint density at radius 3 is 2.71 bits per heavy atom. The minimum Gasteiger partial charge on any atom is -0.387 e. The lowest BCUT2D eigenvalue weighted by Gasteiger charge is -2.13. The molecule has 0 aliphatic carbocycles. The number of aliphatic hydroxyl groups is 1. The van der Waals surface area contributed by atoms with E-state index in [4.69, 9.17) is 0 Å². The Bertz CT molecular complexity index is 376. The first-order chi connectivity index (χ1) is 7.95. The summed E-state index contributed by atoms with van der Waals surface area (Å²) in [7, 11) is 0. The van der Waals surface area contributed by atoms with E-state index in [0.717, 1.165) is 12.1 Å². The van der Waals surface area contributed by atoms with Crippen LogP contribution in [0.1, 0.15) is 17.2 Å². The number of aliphatic hydroxyl groups excluding tert-OH is 1. The van der Waals surface area contributed by atoms with Gasteiger partial charge in [0, 0.05) is 13.1 Å². The molecule has 0 aliphatic heterocycles. The molecule has 0 heterocycles. The zero-order chi connectivity index (χ0) is 12.9. The number of rotatable bonds is 5. The summed E-state index contributed by atoms with van der Waals surface area (Å²) in [4.78, 5) is 0. The molecule has 1 unspecified atom stereocenters. The average Bonchev–Trinajstić information content (AvgIpc) is 2.28. The van der Waals surface area contributed by atoms with E-state index in [1.165, 1.54) is 12.1 Å². The van der Waals surface area contributed by atoms with Crippen LogP contribution in [0.4, 0.5) is 13.2 Å². The number of hydrogen-bond acceptors (Lipinski definition) is 2. The highest BCUT2D eigenvalue weighted by Crippen LogP contribution is 2.30. The zero-order valence-electron chi connectivity index (χ0n) is 9.17. The molecule has 2 nitrogen and oxygen atoms in total. The second-order valence-electron chi connectivity index (χ2n) is 3.59. The quantitative estimate of drug-likeness (QED) is 0.617. The van der Waals surface area contributed by atoms with Crippen molar-refractivity contribution in [2.24, 2.45) is 0 Å². The lowest BCUT2D eigenvalue weighted by Crippen LogP contribution is -2.21. The summed E-state index contributed by atoms with van der Waals surface area (Å²) < 4.78 is 37.3. The van der Waals surface area contributed by atoms with Crippen molar-refractivity contribution in [2.75, 3.05) is 13.1 Å². The molecule has 1 rings (SSSR count). The average molecular weight is 245 g/mol. The molecule has 0 aromatic heterocycles. The van der Waals surface area contributed by atoms with Crippen molar-refractivity contribution in [1.82, 2.24) is 5.32 Å². The number of nitrogens with one attached hydrogen (secondary N) is 1. The molecule has 0 amide bonds. The maximum Gasteiger partial charge on any atom is 0.416 e. The molecule has 17 heavy (non-hydrogen) atoms. The van der Waals surface area contributed by atoms with E-state index in [9.17, 15) is 18.3 Å². The van der Waals surface area contributed by atoms with Crippen molar-refractivity contribution in [2.45, 2.75) is 12.3 Å². The summed E-state index contributed by atoms with van der Waals surface area (Å²) in [5.41, 5.74) is -0.505. The molecule has 0 fully saturated rings. The van der Waals surface area contributed by atoms with Gasteiger partial charge in [0.25, 0.3) is 0 Å². The van der Waals surface area contributed by atoms with Gasteiger partial charge in [0.2, 0.25) is 0 Å². The Kier molecular flexibility index (Phi) is 4.72. The minimum atomic E-state index is -4.38. The van der Waals surface area contributed by atoms with Crippen LogP contribution in [0.2, 0.25) is 0 Å². The fourth-order valence-corrected chi connectivity index (χ4v) is 1.36. The summed E-state index contributed by atoms with van der Waals surface area (Å²) in [5.74, 6) is 0. The summed E-state index contributed by atoms with van der Waals surface area (Å²) in [6.45, 7) is 4.17. The van der Waals surface area contributed by atoms with E-state index >= 15 is 0 Å². The van der Waals surface area contributed by atoms with E-state index in [2.05, 4.69) is 11.9 Å². The largest absolute Gasteiger partial charge is 0.416 e. The molecular formula is C12H14F3NO. The fourth-order valence-electron chi connectivity index (χ4n) is 1.36. The molecule has 0 bridgehead atoms. The molecule has 2 N–H and O–H groups in total. The van der Waals surface area contributed by atoms with Crippen LogP contribution in [0.15, 0.2) is 36.9 Å². The predicted molar refractivity (Wildman–Crippen MR) is 59.5 cm³/mol. The van der Waals surface area contributed by atoms with Gasteiger partial charge in [0.05, 0.1) is 11.7 Å². The van der Waals surface area contributed by atoms with Gasteiger partial charge in [-0.3, -0.25) is 0 Å². The van der Waals surface area contributed by atoms with E-state index < -0.39 is 17.8 Å². The van der Waals surface area contributed by atoms with Gasteiger partial charge in [-0.05, 0) is 17.7 Å². The summed E-state index contributed by atoms with van der Waals surface area (Å²) in [5, 5.41) is 12.5. The van der Waals surface area contributed by atoms with Crippen molar-refractivity contribution in [3.8, 4) is 0 Å². The fraction of sp³-hybridized carbons (Fsp3) is 0.333. The Balaban J connectivity index is 2.74. The highest BCUT2D eigenvalue weighted by atomic mass is 19.4. The van der Waals surface area contributed by atoms with E-state index in [-0.39, 0.29) is 12.1 Å². The SMILES string of the molecule is C=CCNCC(O)c1cccc(C(F)(F)F)c1. The predicted octanol–water partition coefficient (Wildman–Crippen LogP) is 2.51. The van der Waals surface area contributed by atoms with Crippen LogP contribution >= 0.6 is 0 Å². The van der Waals surface area contributed by atoms with Gasteiger partial charge in [-0.15, -0.1) is 6.58 Å². The number of halogens is 3. The normalized spacial score (nSPS) is 13.4. The molecule has 0 radical (unpaired) electrons. The second kappa shape index (κ2) is 5.84. The molecule has 1 atom stereocenters. The third-order valence-electron chi connectivity index (χ3n) is 2.23. The third kappa shape index (κ3) is 4.20. The van der Waals surface area contributed by atoms with Crippen LogP contribution in [-0.4, -0.2) is 18.2 Å². The van der Waals surface area contributed by atoms with Crippen molar-refractivity contribution in [3.63, 3.8) is 0 Å². The van der Waals surface area contributed by atoms with Gasteiger partial charge in [0.15, 0.2) is 0 Å². The highest BCUT2D eigenvalue weighted by molar-refractivity contribution is 5.27. The molecule has 0 spiro atoms. The van der Waals surface area contributed by atoms with Crippen LogP contribution in [0.25, 0.3) is 0 Å². The van der Waals surface area contributed by atoms with Gasteiger partial charge < -0.3 is 10.4 Å². The number of hydrogen-bond donors (Lipinski definition) is 2. The second-order valence-corrected chi connectivity index (χ2v) is 3.59. The van der Waals surface area contributed by atoms with Crippen LogP contribution in [0, 0.1) is 0 Å². The van der Waals surface area contributed by atoms with Crippen molar-refractivity contribution < 1.29 is 18.3 Å². The summed E-state index contributed by atoms with van der Waals surface area (Å²) >= 11 is 0. The maximum absolute atomic E-state index is 12.4. The van der Waals surface area contributed by atoms with Crippen LogP contribution in [0.3, 0.4) is 0 Å². The lowest BCUT2D eigenvalue weighted by molar-refractivity contribution is -0.137. The molecule has 0 aliphatic rings. The molecular weight excluding hydrogens is 231 g/mol. The Labute approximate surface area is 97.8 Å². The Morgan fingerprint density at radius 2 is 2.12 bits per heavy atom. The van der Waals surface area contributed by atoms with Gasteiger partial charge >= 0.3 is 6.18 Å². The first-order valence-electron chi connectivity index (χ1n) is 5.12. The molecule has 0 saturated heterocycles. The van der Waals surface area contributed by atoms with Crippen molar-refractivity contribution >= 4 is 0 Å². The molecule has 1 aromatic rings. The van der Waals surface area contributed by atoms with Crippen molar-refractivity contribution in [1.29, 1.82) is 0 Å². The van der Waals surface area contributed by atoms with Crippen LogP contribution in [0.5, 0.6) is 0 Å². The lowest BCUT2D eigenvalue weighted by atomic mass is 10.1. The first-order valence-corrected chi connectivity index (χ1v) is 5.12. The van der Waals surface area contributed by atoms with E-state index in [0.29, 0.717) is 6.54 Å². The molecule has 5 heteroatoms. The molecule has 1 aromatic carbocycles. The summed E-state index contributed by atoms with van der Waals surface area (Å²) in [6.07, 6.45) is -3.74. The molecule has 0 saturated carbocycles. The zero-order valence-corrected chi connectivity index (χ0v) is 9.17. The Morgan fingerprint density at radius 1 is 1.41 bits per heavy atom. The van der Waals surface area contributed by atoms with E-state index in [1.807, 2.05) is 0 Å². The highest BCUT2D eigenvalue weighted by Gasteiger charge is 2.30. The standard InChI is InChI=1S/C12H14F3NO/c1-2-6-16-8-11(17)9-4-3-5-10(7-9)12(13,14)15/h2-5,7,11,16-17H,1,6,8H2. The number of benzene rings is 1. The smallest absolute Gasteiger partial charge is 0.387 e. The monoisotopic (exact) mass is 245 g/mol. The van der Waals surface area contributed by atoms with Gasteiger partial charge in [-0.2, -0.15) is 13.2 Å². The third-order valence-corrected chi connectivity index (χ3v) is 2.23. The molecule has 94 valence electrons. The van der Waals surface area contributed by atoms with Gasteiger partial charge in [-0.25, -0.2) is 0 Å². The number of alkyl halides is 3. The first kappa shape index (κ1) is 13.7. The van der Waals surface area contributed by atoms with Crippen LogP contribution in [-0.2, 0) is 6.18 Å². The maximum atomic E-state index is 12.4.